The minimum atomic E-state index is -0.226. The molecule has 0 amide bonds. The SMILES string of the molecule is CC#C[C@@H](CC(=O)OCC)c1ccc(OCc2ccc(CC)cc2)cc1. The molecule has 0 aliphatic rings. The number of carbonyl (C=O) groups excluding carboxylic acids is 1. The molecule has 136 valence electrons. The van der Waals surface area contributed by atoms with E-state index in [0.29, 0.717) is 13.2 Å². The van der Waals surface area contributed by atoms with Crippen molar-refractivity contribution >= 4 is 5.97 Å². The van der Waals surface area contributed by atoms with E-state index < -0.39 is 0 Å². The maximum atomic E-state index is 11.8. The number of hydrogen-bond donors (Lipinski definition) is 0. The van der Waals surface area contributed by atoms with E-state index in [2.05, 4.69) is 43.0 Å². The van der Waals surface area contributed by atoms with Crippen LogP contribution < -0.4 is 4.74 Å². The van der Waals surface area contributed by atoms with Crippen LogP contribution in [0.4, 0.5) is 0 Å². The Labute approximate surface area is 156 Å². The number of benzene rings is 2. The van der Waals surface area contributed by atoms with Crippen LogP contribution in [0.15, 0.2) is 48.5 Å². The number of hydrogen-bond acceptors (Lipinski definition) is 3. The molecule has 0 saturated heterocycles. The third-order valence-electron chi connectivity index (χ3n) is 4.11. The minimum absolute atomic E-state index is 0.158. The molecule has 0 spiro atoms. The number of rotatable bonds is 8. The van der Waals surface area contributed by atoms with Crippen molar-refractivity contribution in [2.75, 3.05) is 6.61 Å². The highest BCUT2D eigenvalue weighted by atomic mass is 16.5. The van der Waals surface area contributed by atoms with Gasteiger partial charge in [-0.3, -0.25) is 4.79 Å². The van der Waals surface area contributed by atoms with Gasteiger partial charge in [-0.05, 0) is 49.1 Å². The van der Waals surface area contributed by atoms with E-state index >= 15 is 0 Å². The van der Waals surface area contributed by atoms with Gasteiger partial charge in [0.15, 0.2) is 0 Å². The third-order valence-corrected chi connectivity index (χ3v) is 4.11. The van der Waals surface area contributed by atoms with E-state index in [1.54, 1.807) is 13.8 Å². The molecule has 0 aromatic heterocycles. The molecular weight excluding hydrogens is 324 g/mol. The van der Waals surface area contributed by atoms with Crippen molar-refractivity contribution in [2.24, 2.45) is 0 Å². The Balaban J connectivity index is 1.98. The summed E-state index contributed by atoms with van der Waals surface area (Å²) < 4.78 is 10.9. The van der Waals surface area contributed by atoms with E-state index in [4.69, 9.17) is 9.47 Å². The van der Waals surface area contributed by atoms with Crippen molar-refractivity contribution in [2.45, 2.75) is 46.1 Å². The molecule has 0 heterocycles. The van der Waals surface area contributed by atoms with Gasteiger partial charge in [0.25, 0.3) is 0 Å². The fourth-order valence-electron chi connectivity index (χ4n) is 2.65. The molecule has 0 aliphatic heterocycles. The van der Waals surface area contributed by atoms with E-state index in [1.165, 1.54) is 5.56 Å². The van der Waals surface area contributed by atoms with Crippen molar-refractivity contribution in [3.63, 3.8) is 0 Å². The Morgan fingerprint density at radius 2 is 1.65 bits per heavy atom. The summed E-state index contributed by atoms with van der Waals surface area (Å²) in [6.07, 6.45) is 1.30. The van der Waals surface area contributed by atoms with E-state index in [0.717, 1.165) is 23.3 Å². The van der Waals surface area contributed by atoms with Gasteiger partial charge < -0.3 is 9.47 Å². The quantitative estimate of drug-likeness (QED) is 0.502. The number of carbonyl (C=O) groups is 1. The van der Waals surface area contributed by atoms with Crippen LogP contribution in [0.2, 0.25) is 0 Å². The van der Waals surface area contributed by atoms with Crippen molar-refractivity contribution in [3.05, 3.63) is 65.2 Å². The van der Waals surface area contributed by atoms with Crippen molar-refractivity contribution < 1.29 is 14.3 Å². The second-order valence-corrected chi connectivity index (χ2v) is 5.98. The third kappa shape index (κ3) is 5.97. The largest absolute Gasteiger partial charge is 0.489 e. The molecule has 0 fully saturated rings. The topological polar surface area (TPSA) is 35.5 Å². The van der Waals surface area contributed by atoms with Crippen LogP contribution in [-0.4, -0.2) is 12.6 Å². The predicted octanol–water partition coefficient (Wildman–Crippen LogP) is 4.89. The van der Waals surface area contributed by atoms with Gasteiger partial charge in [-0.1, -0.05) is 49.2 Å². The Kier molecular flexibility index (Phi) is 7.76. The zero-order valence-corrected chi connectivity index (χ0v) is 15.7. The lowest BCUT2D eigenvalue weighted by atomic mass is 9.96. The molecule has 3 nitrogen and oxygen atoms in total. The Morgan fingerprint density at radius 1 is 1.00 bits per heavy atom. The zero-order valence-electron chi connectivity index (χ0n) is 15.7. The minimum Gasteiger partial charge on any atom is -0.489 e. The van der Waals surface area contributed by atoms with Gasteiger partial charge in [0, 0.05) is 0 Å². The van der Waals surface area contributed by atoms with Gasteiger partial charge in [0.05, 0.1) is 18.9 Å². The molecule has 0 aliphatic carbocycles. The highest BCUT2D eigenvalue weighted by Gasteiger charge is 2.14. The molecule has 0 saturated carbocycles. The lowest BCUT2D eigenvalue weighted by Gasteiger charge is -2.12. The Hall–Kier alpha value is -2.73. The average molecular weight is 350 g/mol. The first-order chi connectivity index (χ1) is 12.7. The highest BCUT2D eigenvalue weighted by Crippen LogP contribution is 2.23. The molecular formula is C23H26O3. The first-order valence-corrected chi connectivity index (χ1v) is 9.04. The molecule has 1 atom stereocenters. The molecule has 2 aromatic carbocycles. The summed E-state index contributed by atoms with van der Waals surface area (Å²) >= 11 is 0. The van der Waals surface area contributed by atoms with Crippen LogP contribution in [0.5, 0.6) is 5.75 Å². The summed E-state index contributed by atoms with van der Waals surface area (Å²) in [5.74, 6) is 6.40. The summed E-state index contributed by atoms with van der Waals surface area (Å²) in [4.78, 5) is 11.8. The summed E-state index contributed by atoms with van der Waals surface area (Å²) in [5.41, 5.74) is 3.46. The maximum absolute atomic E-state index is 11.8. The fourth-order valence-corrected chi connectivity index (χ4v) is 2.65. The first-order valence-electron chi connectivity index (χ1n) is 9.04. The molecule has 0 bridgehead atoms. The lowest BCUT2D eigenvalue weighted by molar-refractivity contribution is -0.143. The van der Waals surface area contributed by atoms with Gasteiger partial charge in [-0.15, -0.1) is 5.92 Å². The van der Waals surface area contributed by atoms with Crippen LogP contribution >= 0.6 is 0 Å². The maximum Gasteiger partial charge on any atom is 0.307 e. The van der Waals surface area contributed by atoms with Crippen LogP contribution in [0, 0.1) is 11.8 Å². The summed E-state index contributed by atoms with van der Waals surface area (Å²) in [6.45, 7) is 6.65. The number of aryl methyl sites for hydroxylation is 1. The molecule has 0 N–H and O–H groups in total. The van der Waals surface area contributed by atoms with Crippen molar-refractivity contribution in [3.8, 4) is 17.6 Å². The Morgan fingerprint density at radius 3 is 2.23 bits per heavy atom. The van der Waals surface area contributed by atoms with Gasteiger partial charge in [-0.25, -0.2) is 0 Å². The van der Waals surface area contributed by atoms with Crippen molar-refractivity contribution in [1.29, 1.82) is 0 Å². The molecule has 3 heteroatoms. The second kappa shape index (κ2) is 10.3. The van der Waals surface area contributed by atoms with Gasteiger partial charge in [0.1, 0.15) is 12.4 Å². The molecule has 0 unspecified atom stereocenters. The lowest BCUT2D eigenvalue weighted by Crippen LogP contribution is -2.09. The number of esters is 1. The molecule has 26 heavy (non-hydrogen) atoms. The summed E-state index contributed by atoms with van der Waals surface area (Å²) in [7, 11) is 0. The van der Waals surface area contributed by atoms with Crippen molar-refractivity contribution in [1.82, 2.24) is 0 Å². The standard InChI is InChI=1S/C23H26O3/c1-4-7-21(16-23(24)25-6-3)20-12-14-22(15-13-20)26-17-19-10-8-18(5-2)9-11-19/h8-15,21H,5-6,16-17H2,1-3H3/t21-/m0/s1. The van der Waals surface area contributed by atoms with Crippen LogP contribution in [0.1, 0.15) is 49.8 Å². The van der Waals surface area contributed by atoms with Gasteiger partial charge >= 0.3 is 5.97 Å². The molecule has 2 aromatic rings. The highest BCUT2D eigenvalue weighted by molar-refractivity contribution is 5.71. The van der Waals surface area contributed by atoms with Crippen LogP contribution in [-0.2, 0) is 22.6 Å². The van der Waals surface area contributed by atoms with E-state index in [9.17, 15) is 4.79 Å². The van der Waals surface area contributed by atoms with Gasteiger partial charge in [-0.2, -0.15) is 0 Å². The predicted molar refractivity (Wildman–Crippen MR) is 104 cm³/mol. The summed E-state index contributed by atoms with van der Waals surface area (Å²) in [6, 6.07) is 16.2. The normalized spacial score (nSPS) is 11.2. The first kappa shape index (κ1) is 19.6. The van der Waals surface area contributed by atoms with Crippen LogP contribution in [0.25, 0.3) is 0 Å². The van der Waals surface area contributed by atoms with Crippen LogP contribution in [0.3, 0.4) is 0 Å². The molecule has 2 rings (SSSR count). The number of ether oxygens (including phenoxy) is 2. The Bertz CT molecular complexity index is 749. The summed E-state index contributed by atoms with van der Waals surface area (Å²) in [5, 5.41) is 0. The van der Waals surface area contributed by atoms with E-state index in [-0.39, 0.29) is 18.3 Å². The second-order valence-electron chi connectivity index (χ2n) is 5.98. The monoisotopic (exact) mass is 350 g/mol. The van der Waals surface area contributed by atoms with E-state index in [1.807, 2.05) is 24.3 Å². The smallest absolute Gasteiger partial charge is 0.307 e. The molecule has 0 radical (unpaired) electrons. The van der Waals surface area contributed by atoms with Gasteiger partial charge in [0.2, 0.25) is 0 Å². The zero-order chi connectivity index (χ0) is 18.8. The average Bonchev–Trinajstić information content (AvgIpc) is 2.67. The fraction of sp³-hybridized carbons (Fsp3) is 0.348.